The van der Waals surface area contributed by atoms with Gasteiger partial charge in [0.05, 0.1) is 0 Å². The van der Waals surface area contributed by atoms with E-state index >= 15 is 0 Å². The number of piperidine rings is 1. The normalized spacial score (nSPS) is 19.8. The molecule has 2 N–H and O–H groups in total. The van der Waals surface area contributed by atoms with Crippen LogP contribution in [-0.4, -0.2) is 29.6 Å². The molecule has 2 heterocycles. The number of hydrogen-bond donors (Lipinski definition) is 2. The molecule has 4 nitrogen and oxygen atoms in total. The molecule has 0 aromatic carbocycles. The quantitative estimate of drug-likeness (QED) is 0.837. The maximum Gasteiger partial charge on any atom is 0.130 e. The summed E-state index contributed by atoms with van der Waals surface area (Å²) in [5.74, 6) is 2.66. The summed E-state index contributed by atoms with van der Waals surface area (Å²) in [4.78, 5) is 9.04. The van der Waals surface area contributed by atoms with Crippen LogP contribution in [0.3, 0.4) is 0 Å². The summed E-state index contributed by atoms with van der Waals surface area (Å²) in [6, 6.07) is 2.08. The van der Waals surface area contributed by atoms with Crippen LogP contribution in [0.25, 0.3) is 0 Å². The van der Waals surface area contributed by atoms with Gasteiger partial charge >= 0.3 is 0 Å². The Balaban J connectivity index is 1.94. The minimum absolute atomic E-state index is 0.726. The Bertz CT molecular complexity index is 350. The molecule has 0 radical (unpaired) electrons. The molecule has 0 saturated carbocycles. The van der Waals surface area contributed by atoms with Gasteiger partial charge in [-0.1, -0.05) is 13.8 Å². The predicted molar refractivity (Wildman–Crippen MR) is 74.9 cm³/mol. The smallest absolute Gasteiger partial charge is 0.130 e. The van der Waals surface area contributed by atoms with Crippen LogP contribution < -0.4 is 10.6 Å². The molecule has 1 unspecified atom stereocenters. The molecule has 18 heavy (non-hydrogen) atoms. The van der Waals surface area contributed by atoms with Crippen molar-refractivity contribution in [1.29, 1.82) is 0 Å². The number of rotatable bonds is 5. The summed E-state index contributed by atoms with van der Waals surface area (Å²) < 4.78 is 0. The molecule has 0 aliphatic carbocycles. The van der Waals surface area contributed by atoms with Gasteiger partial charge in [-0.15, -0.1) is 0 Å². The molecular weight excluding hydrogens is 224 g/mol. The summed E-state index contributed by atoms with van der Waals surface area (Å²) in [7, 11) is 0. The van der Waals surface area contributed by atoms with E-state index in [0.29, 0.717) is 0 Å². The highest BCUT2D eigenvalue weighted by atomic mass is 15.0. The van der Waals surface area contributed by atoms with Crippen LogP contribution in [-0.2, 0) is 12.8 Å². The van der Waals surface area contributed by atoms with Crippen LogP contribution in [0.15, 0.2) is 6.07 Å². The van der Waals surface area contributed by atoms with Crippen LogP contribution >= 0.6 is 0 Å². The van der Waals surface area contributed by atoms with Gasteiger partial charge in [0.15, 0.2) is 0 Å². The van der Waals surface area contributed by atoms with E-state index in [1.165, 1.54) is 19.4 Å². The topological polar surface area (TPSA) is 49.8 Å². The summed E-state index contributed by atoms with van der Waals surface area (Å²) in [6.07, 6.45) is 4.46. The number of aryl methyl sites for hydroxylation is 2. The average molecular weight is 248 g/mol. The molecule has 1 aromatic rings. The standard InChI is InChI=1S/C14H24N4/c1-3-12-8-14(18-13(4-2)17-12)16-10-11-6-5-7-15-9-11/h8,11,15H,3-7,9-10H2,1-2H3,(H,16,17,18). The van der Waals surface area contributed by atoms with E-state index in [0.717, 1.165) is 49.2 Å². The zero-order valence-electron chi connectivity index (χ0n) is 11.5. The van der Waals surface area contributed by atoms with E-state index in [9.17, 15) is 0 Å². The Morgan fingerprint density at radius 1 is 1.33 bits per heavy atom. The van der Waals surface area contributed by atoms with Gasteiger partial charge in [0.25, 0.3) is 0 Å². The van der Waals surface area contributed by atoms with Crippen LogP contribution in [0.4, 0.5) is 5.82 Å². The fourth-order valence-corrected chi connectivity index (χ4v) is 2.33. The number of aromatic nitrogens is 2. The number of nitrogens with one attached hydrogen (secondary N) is 2. The van der Waals surface area contributed by atoms with Gasteiger partial charge in [-0.3, -0.25) is 0 Å². The first-order chi connectivity index (χ1) is 8.81. The monoisotopic (exact) mass is 248 g/mol. The third-order valence-electron chi connectivity index (χ3n) is 3.47. The molecular formula is C14H24N4. The molecule has 2 rings (SSSR count). The van der Waals surface area contributed by atoms with Crippen LogP contribution in [0.1, 0.15) is 38.2 Å². The van der Waals surface area contributed by atoms with E-state index in [1.54, 1.807) is 0 Å². The van der Waals surface area contributed by atoms with Gasteiger partial charge in [-0.05, 0) is 38.3 Å². The maximum atomic E-state index is 4.54. The summed E-state index contributed by atoms with van der Waals surface area (Å²) in [5, 5.41) is 6.92. The van der Waals surface area contributed by atoms with Crippen LogP contribution in [0, 0.1) is 5.92 Å². The zero-order valence-corrected chi connectivity index (χ0v) is 11.5. The van der Waals surface area contributed by atoms with Gasteiger partial charge in [-0.2, -0.15) is 0 Å². The van der Waals surface area contributed by atoms with E-state index in [1.807, 2.05) is 0 Å². The summed E-state index contributed by atoms with van der Waals surface area (Å²) in [6.45, 7) is 7.54. The molecule has 1 aliphatic rings. The van der Waals surface area contributed by atoms with Crippen molar-refractivity contribution >= 4 is 5.82 Å². The van der Waals surface area contributed by atoms with E-state index < -0.39 is 0 Å². The second-order valence-electron chi connectivity index (χ2n) is 4.96. The minimum Gasteiger partial charge on any atom is -0.370 e. The van der Waals surface area contributed by atoms with Crippen molar-refractivity contribution in [1.82, 2.24) is 15.3 Å². The van der Waals surface area contributed by atoms with Crippen molar-refractivity contribution in [2.75, 3.05) is 25.0 Å². The lowest BCUT2D eigenvalue weighted by atomic mass is 10.00. The number of anilines is 1. The van der Waals surface area contributed by atoms with Gasteiger partial charge in [0.2, 0.25) is 0 Å². The number of nitrogens with zero attached hydrogens (tertiary/aromatic N) is 2. The minimum atomic E-state index is 0.726. The van der Waals surface area contributed by atoms with Gasteiger partial charge < -0.3 is 10.6 Å². The van der Waals surface area contributed by atoms with Gasteiger partial charge in [0, 0.05) is 24.7 Å². The molecule has 4 heteroatoms. The molecule has 0 spiro atoms. The lowest BCUT2D eigenvalue weighted by Crippen LogP contribution is -2.33. The zero-order chi connectivity index (χ0) is 12.8. The molecule has 100 valence electrons. The van der Waals surface area contributed by atoms with Crippen molar-refractivity contribution in [3.63, 3.8) is 0 Å². The largest absolute Gasteiger partial charge is 0.370 e. The second kappa shape index (κ2) is 6.69. The molecule has 1 atom stereocenters. The molecule has 1 aliphatic heterocycles. The SMILES string of the molecule is CCc1cc(NCC2CCCNC2)nc(CC)n1. The van der Waals surface area contributed by atoms with Crippen molar-refractivity contribution < 1.29 is 0 Å². The molecule has 1 fully saturated rings. The lowest BCUT2D eigenvalue weighted by Gasteiger charge is -2.23. The molecule has 0 bridgehead atoms. The van der Waals surface area contributed by atoms with Crippen LogP contribution in [0.5, 0.6) is 0 Å². The Hall–Kier alpha value is -1.16. The van der Waals surface area contributed by atoms with Crippen molar-refractivity contribution in [2.24, 2.45) is 5.92 Å². The molecule has 1 saturated heterocycles. The molecule has 1 aromatic heterocycles. The van der Waals surface area contributed by atoms with E-state index in [2.05, 4.69) is 40.5 Å². The lowest BCUT2D eigenvalue weighted by molar-refractivity contribution is 0.392. The Labute approximate surface area is 110 Å². The Morgan fingerprint density at radius 3 is 2.89 bits per heavy atom. The fourth-order valence-electron chi connectivity index (χ4n) is 2.33. The van der Waals surface area contributed by atoms with Crippen molar-refractivity contribution in [3.8, 4) is 0 Å². The van der Waals surface area contributed by atoms with Crippen LogP contribution in [0.2, 0.25) is 0 Å². The first kappa shape index (κ1) is 13.3. The van der Waals surface area contributed by atoms with Gasteiger partial charge in [-0.25, -0.2) is 9.97 Å². The molecule has 0 amide bonds. The number of hydrogen-bond acceptors (Lipinski definition) is 4. The first-order valence-corrected chi connectivity index (χ1v) is 7.13. The third kappa shape index (κ3) is 3.67. The predicted octanol–water partition coefficient (Wildman–Crippen LogP) is 2.01. The Kier molecular flexibility index (Phi) is 4.93. The second-order valence-corrected chi connectivity index (χ2v) is 4.96. The first-order valence-electron chi connectivity index (χ1n) is 7.13. The Morgan fingerprint density at radius 2 is 2.22 bits per heavy atom. The highest BCUT2D eigenvalue weighted by Gasteiger charge is 2.12. The highest BCUT2D eigenvalue weighted by Crippen LogP contribution is 2.13. The van der Waals surface area contributed by atoms with E-state index in [-0.39, 0.29) is 0 Å². The summed E-state index contributed by atoms with van der Waals surface area (Å²) in [5.41, 5.74) is 1.13. The van der Waals surface area contributed by atoms with E-state index in [4.69, 9.17) is 0 Å². The average Bonchev–Trinajstić information content (AvgIpc) is 2.45. The summed E-state index contributed by atoms with van der Waals surface area (Å²) >= 11 is 0. The maximum absolute atomic E-state index is 4.54. The fraction of sp³-hybridized carbons (Fsp3) is 0.714. The van der Waals surface area contributed by atoms with Crippen molar-refractivity contribution in [2.45, 2.75) is 39.5 Å². The third-order valence-corrected chi connectivity index (χ3v) is 3.47. The van der Waals surface area contributed by atoms with Gasteiger partial charge in [0.1, 0.15) is 11.6 Å². The van der Waals surface area contributed by atoms with Crippen molar-refractivity contribution in [3.05, 3.63) is 17.6 Å². The highest BCUT2D eigenvalue weighted by molar-refractivity contribution is 5.36.